The summed E-state index contributed by atoms with van der Waals surface area (Å²) >= 11 is 5.48. The third-order valence-corrected chi connectivity index (χ3v) is 4.94. The van der Waals surface area contributed by atoms with E-state index in [-0.39, 0.29) is 5.11 Å². The number of nitrogens with zero attached hydrogens (tertiary/aromatic N) is 2. The van der Waals surface area contributed by atoms with E-state index in [0.717, 1.165) is 11.1 Å². The number of hydrogen-bond acceptors (Lipinski definition) is 5. The van der Waals surface area contributed by atoms with Crippen molar-refractivity contribution in [2.45, 2.75) is 12.3 Å². The molecule has 0 saturated heterocycles. The second kappa shape index (κ2) is 7.01. The highest BCUT2D eigenvalue weighted by Gasteiger charge is 2.35. The van der Waals surface area contributed by atoms with Crippen molar-refractivity contribution in [1.29, 1.82) is 0 Å². The highest BCUT2D eigenvalue weighted by Crippen LogP contribution is 2.34. The maximum absolute atomic E-state index is 12.1. The van der Waals surface area contributed by atoms with E-state index in [2.05, 4.69) is 10.6 Å². The minimum atomic E-state index is -0.506. The molecular weight excluding hydrogens is 380 g/mol. The molecule has 28 heavy (non-hydrogen) atoms. The largest absolute Gasteiger partial charge is 0.416 e. The van der Waals surface area contributed by atoms with E-state index in [4.69, 9.17) is 21.7 Å². The minimum Gasteiger partial charge on any atom is -0.410 e. The van der Waals surface area contributed by atoms with Gasteiger partial charge in [-0.15, -0.1) is 0 Å². The first-order valence-electron chi connectivity index (χ1n) is 8.60. The van der Waals surface area contributed by atoms with Gasteiger partial charge in [0.25, 0.3) is 0 Å². The molecule has 0 bridgehead atoms. The van der Waals surface area contributed by atoms with Gasteiger partial charge in [0.05, 0.1) is 0 Å². The molecule has 0 aliphatic carbocycles. The molecule has 2 atom stereocenters. The van der Waals surface area contributed by atoms with E-state index >= 15 is 0 Å². The van der Waals surface area contributed by atoms with Gasteiger partial charge in [0.2, 0.25) is 0 Å². The molecule has 2 aliphatic heterocycles. The van der Waals surface area contributed by atoms with Crippen LogP contribution in [-0.4, -0.2) is 41.2 Å². The highest BCUT2D eigenvalue weighted by molar-refractivity contribution is 7.80. The number of fused-ring (bicyclic) bond motifs is 2. The molecule has 144 valence electrons. The Kier molecular flexibility index (Phi) is 4.52. The van der Waals surface area contributed by atoms with Gasteiger partial charge in [0.15, 0.2) is 5.11 Å². The van der Waals surface area contributed by atoms with E-state index in [1.807, 2.05) is 24.3 Å². The first-order chi connectivity index (χ1) is 13.5. The molecule has 9 heteroatoms. The third-order valence-electron chi connectivity index (χ3n) is 4.71. The molecule has 0 aromatic heterocycles. The standard InChI is InChI=1S/C19H18N4O4S/c1-22-15(11-7-3-5-9-13(11)26-18(22)24)20-17(28)21-16-12-8-4-6-10-14(12)27-19(25)23(16)2/h3-10,15-16H,1-2H3,(H2,20,21,28). The van der Waals surface area contributed by atoms with Crippen LogP contribution in [0.25, 0.3) is 0 Å². The van der Waals surface area contributed by atoms with Crippen LogP contribution < -0.4 is 20.1 Å². The predicted octanol–water partition coefficient (Wildman–Crippen LogP) is 2.74. The summed E-state index contributed by atoms with van der Waals surface area (Å²) < 4.78 is 10.6. The Morgan fingerprint density at radius 2 is 1.21 bits per heavy atom. The van der Waals surface area contributed by atoms with Gasteiger partial charge in [-0.25, -0.2) is 9.59 Å². The highest BCUT2D eigenvalue weighted by atomic mass is 32.1. The molecule has 2 amide bonds. The quantitative estimate of drug-likeness (QED) is 0.753. The van der Waals surface area contributed by atoms with Gasteiger partial charge in [-0.1, -0.05) is 36.4 Å². The first-order valence-corrected chi connectivity index (χ1v) is 9.00. The van der Waals surface area contributed by atoms with Crippen molar-refractivity contribution in [3.8, 4) is 11.5 Å². The molecule has 2 heterocycles. The number of carbonyl (C=O) groups is 2. The van der Waals surface area contributed by atoms with Crippen molar-refractivity contribution in [3.05, 3.63) is 59.7 Å². The van der Waals surface area contributed by atoms with Crippen LogP contribution in [0.3, 0.4) is 0 Å². The summed E-state index contributed by atoms with van der Waals surface area (Å²) in [5.41, 5.74) is 1.57. The summed E-state index contributed by atoms with van der Waals surface area (Å²) in [6, 6.07) is 14.5. The zero-order valence-electron chi connectivity index (χ0n) is 15.2. The van der Waals surface area contributed by atoms with Crippen LogP contribution in [0.1, 0.15) is 23.5 Å². The van der Waals surface area contributed by atoms with Crippen LogP contribution in [-0.2, 0) is 0 Å². The van der Waals surface area contributed by atoms with Crippen molar-refractivity contribution in [2.24, 2.45) is 0 Å². The topological polar surface area (TPSA) is 83.1 Å². The van der Waals surface area contributed by atoms with E-state index in [1.165, 1.54) is 9.80 Å². The maximum atomic E-state index is 12.1. The maximum Gasteiger partial charge on any atom is 0.416 e. The number of nitrogens with one attached hydrogen (secondary N) is 2. The van der Waals surface area contributed by atoms with Crippen LogP contribution in [0, 0.1) is 0 Å². The second-order valence-corrected chi connectivity index (χ2v) is 6.86. The van der Waals surface area contributed by atoms with Gasteiger partial charge in [-0.3, -0.25) is 9.80 Å². The van der Waals surface area contributed by atoms with Crippen LogP contribution in [0.4, 0.5) is 9.59 Å². The summed E-state index contributed by atoms with van der Waals surface area (Å²) in [5, 5.41) is 6.55. The van der Waals surface area contributed by atoms with Crippen LogP contribution in [0.15, 0.2) is 48.5 Å². The number of carbonyl (C=O) groups excluding carboxylic acids is 2. The normalized spacial score (nSPS) is 20.5. The average molecular weight is 398 g/mol. The summed E-state index contributed by atoms with van der Waals surface area (Å²) in [5.74, 6) is 0.962. The van der Waals surface area contributed by atoms with Gasteiger partial charge in [0.1, 0.15) is 23.8 Å². The fourth-order valence-electron chi connectivity index (χ4n) is 3.20. The van der Waals surface area contributed by atoms with E-state index < -0.39 is 24.5 Å². The molecule has 0 radical (unpaired) electrons. The summed E-state index contributed by atoms with van der Waals surface area (Å²) in [4.78, 5) is 27.1. The van der Waals surface area contributed by atoms with Crippen LogP contribution in [0.5, 0.6) is 11.5 Å². The molecule has 2 aromatic carbocycles. The van der Waals surface area contributed by atoms with Crippen molar-refractivity contribution in [3.63, 3.8) is 0 Å². The van der Waals surface area contributed by atoms with Crippen LogP contribution >= 0.6 is 12.2 Å². The number of amides is 2. The molecular formula is C19H18N4O4S. The third kappa shape index (κ3) is 3.09. The average Bonchev–Trinajstić information content (AvgIpc) is 2.69. The van der Waals surface area contributed by atoms with Crippen molar-refractivity contribution in [2.75, 3.05) is 14.1 Å². The Balaban J connectivity index is 1.57. The first kappa shape index (κ1) is 18.1. The van der Waals surface area contributed by atoms with E-state index in [9.17, 15) is 9.59 Å². The zero-order valence-corrected chi connectivity index (χ0v) is 16.0. The van der Waals surface area contributed by atoms with Crippen molar-refractivity contribution >= 4 is 29.5 Å². The Hall–Kier alpha value is -3.33. The summed E-state index contributed by atoms with van der Waals surface area (Å²) in [6.07, 6.45) is -1.98. The summed E-state index contributed by atoms with van der Waals surface area (Å²) in [7, 11) is 3.25. The van der Waals surface area contributed by atoms with Gasteiger partial charge in [-0.2, -0.15) is 0 Å². The van der Waals surface area contributed by atoms with Gasteiger partial charge in [0, 0.05) is 25.2 Å². The Labute approximate surface area is 167 Å². The van der Waals surface area contributed by atoms with Gasteiger partial charge >= 0.3 is 12.2 Å². The van der Waals surface area contributed by atoms with Gasteiger partial charge < -0.3 is 20.1 Å². The number of rotatable bonds is 2. The molecule has 0 saturated carbocycles. The van der Waals surface area contributed by atoms with Gasteiger partial charge in [-0.05, 0) is 24.4 Å². The second-order valence-electron chi connectivity index (χ2n) is 6.46. The van der Waals surface area contributed by atoms with Crippen LogP contribution in [0.2, 0.25) is 0 Å². The van der Waals surface area contributed by atoms with Crippen molar-refractivity contribution in [1.82, 2.24) is 20.4 Å². The molecule has 2 aromatic rings. The predicted molar refractivity (Wildman–Crippen MR) is 105 cm³/mol. The van der Waals surface area contributed by atoms with Crippen molar-refractivity contribution < 1.29 is 19.1 Å². The zero-order chi connectivity index (χ0) is 19.8. The Bertz CT molecular complexity index is 891. The molecule has 2 unspecified atom stereocenters. The Morgan fingerprint density at radius 1 is 0.821 bits per heavy atom. The lowest BCUT2D eigenvalue weighted by Gasteiger charge is -2.37. The molecule has 0 spiro atoms. The smallest absolute Gasteiger partial charge is 0.410 e. The molecule has 0 fully saturated rings. The lowest BCUT2D eigenvalue weighted by Crippen LogP contribution is -2.53. The number of thiocarbonyl (C=S) groups is 1. The number of benzene rings is 2. The minimum absolute atomic E-state index is 0.280. The fourth-order valence-corrected chi connectivity index (χ4v) is 3.42. The number of hydrogen-bond donors (Lipinski definition) is 2. The number of ether oxygens (including phenoxy) is 2. The Morgan fingerprint density at radius 3 is 1.64 bits per heavy atom. The lowest BCUT2D eigenvalue weighted by molar-refractivity contribution is 0.123. The molecule has 2 aliphatic rings. The number of para-hydroxylation sites is 2. The fraction of sp³-hybridized carbons (Fsp3) is 0.211. The lowest BCUT2D eigenvalue weighted by atomic mass is 10.1. The SMILES string of the molecule is CN1C(=O)Oc2ccccc2C1NC(=S)NC1c2ccccc2OC(=O)N1C. The molecule has 2 N–H and O–H groups in total. The monoisotopic (exact) mass is 398 g/mol. The van der Waals surface area contributed by atoms with E-state index in [1.54, 1.807) is 38.4 Å². The summed E-state index contributed by atoms with van der Waals surface area (Å²) in [6.45, 7) is 0. The molecule has 4 rings (SSSR count). The van der Waals surface area contributed by atoms with E-state index in [0.29, 0.717) is 11.5 Å². The molecule has 8 nitrogen and oxygen atoms in total.